The molecule has 5 nitrogen and oxygen atoms in total. The van der Waals surface area contributed by atoms with Crippen molar-refractivity contribution in [3.63, 3.8) is 0 Å². The van der Waals surface area contributed by atoms with E-state index in [4.69, 9.17) is 5.73 Å². The fourth-order valence-electron chi connectivity index (χ4n) is 0.840. The Morgan fingerprint density at radius 3 is 2.67 bits per heavy atom. The first kappa shape index (κ1) is 13.6. The molecule has 0 saturated heterocycles. The lowest BCUT2D eigenvalue weighted by Crippen LogP contribution is -2.35. The van der Waals surface area contributed by atoms with E-state index in [1.165, 1.54) is 6.92 Å². The Morgan fingerprint density at radius 1 is 1.47 bits per heavy atom. The van der Waals surface area contributed by atoms with Crippen molar-refractivity contribution in [2.24, 2.45) is 5.73 Å². The van der Waals surface area contributed by atoms with E-state index in [1.54, 1.807) is 13.1 Å². The predicted molar refractivity (Wildman–Crippen MR) is 58.8 cm³/mol. The van der Waals surface area contributed by atoms with Crippen LogP contribution in [-0.4, -0.2) is 24.4 Å². The van der Waals surface area contributed by atoms with Crippen LogP contribution in [0.25, 0.3) is 0 Å². The molecule has 0 fully saturated rings. The van der Waals surface area contributed by atoms with Crippen LogP contribution >= 0.6 is 0 Å². The molecule has 5 heteroatoms. The molecule has 0 aliphatic carbocycles. The number of rotatable bonds is 6. The minimum atomic E-state index is -0.492. The van der Waals surface area contributed by atoms with Gasteiger partial charge in [0.15, 0.2) is 0 Å². The van der Waals surface area contributed by atoms with Crippen LogP contribution in [0.3, 0.4) is 0 Å². The third kappa shape index (κ3) is 8.96. The van der Waals surface area contributed by atoms with Gasteiger partial charge in [-0.25, -0.2) is 0 Å². The predicted octanol–water partition coefficient (Wildman–Crippen LogP) is -0.120. The summed E-state index contributed by atoms with van der Waals surface area (Å²) in [6, 6.07) is -0.492. The van der Waals surface area contributed by atoms with Crippen LogP contribution in [0.1, 0.15) is 26.7 Å². The normalized spacial score (nSPS) is 12.5. The Labute approximate surface area is 90.1 Å². The zero-order chi connectivity index (χ0) is 11.7. The number of amides is 2. The zero-order valence-corrected chi connectivity index (χ0v) is 9.25. The van der Waals surface area contributed by atoms with Crippen molar-refractivity contribution in [2.45, 2.75) is 32.7 Å². The van der Waals surface area contributed by atoms with Crippen molar-refractivity contribution in [1.29, 1.82) is 0 Å². The molecule has 0 aromatic carbocycles. The quantitative estimate of drug-likeness (QED) is 0.538. The summed E-state index contributed by atoms with van der Waals surface area (Å²) >= 11 is 0. The average molecular weight is 213 g/mol. The van der Waals surface area contributed by atoms with Gasteiger partial charge in [0.25, 0.3) is 0 Å². The van der Waals surface area contributed by atoms with E-state index in [0.717, 1.165) is 12.8 Å². The van der Waals surface area contributed by atoms with E-state index in [1.807, 2.05) is 6.08 Å². The Balaban J connectivity index is 3.39. The molecule has 0 aliphatic rings. The standard InChI is InChI=1S/C10H19N3O2/c1-8(11)10(15)13-7-5-3-4-6-12-9(2)14/h5,7-8H,3-4,6,11H2,1-2H3,(H,12,14)(H,13,15)/b7-5+/t8-/m0/s1. The lowest BCUT2D eigenvalue weighted by Gasteiger charge is -2.02. The van der Waals surface area contributed by atoms with Crippen LogP contribution in [0.15, 0.2) is 12.3 Å². The van der Waals surface area contributed by atoms with Crippen LogP contribution < -0.4 is 16.4 Å². The van der Waals surface area contributed by atoms with Crippen molar-refractivity contribution >= 4 is 11.8 Å². The second-order valence-corrected chi connectivity index (χ2v) is 3.32. The van der Waals surface area contributed by atoms with Crippen LogP contribution in [0.4, 0.5) is 0 Å². The summed E-state index contributed by atoms with van der Waals surface area (Å²) in [4.78, 5) is 21.5. The van der Waals surface area contributed by atoms with Crippen LogP contribution in [0.2, 0.25) is 0 Å². The fourth-order valence-corrected chi connectivity index (χ4v) is 0.840. The molecule has 2 amide bonds. The highest BCUT2D eigenvalue weighted by molar-refractivity contribution is 5.81. The molecule has 4 N–H and O–H groups in total. The van der Waals surface area contributed by atoms with Crippen LogP contribution in [0.5, 0.6) is 0 Å². The van der Waals surface area contributed by atoms with Gasteiger partial charge in [0.05, 0.1) is 6.04 Å². The van der Waals surface area contributed by atoms with Gasteiger partial charge in [-0.2, -0.15) is 0 Å². The van der Waals surface area contributed by atoms with E-state index in [9.17, 15) is 9.59 Å². The van der Waals surface area contributed by atoms with Crippen LogP contribution in [-0.2, 0) is 9.59 Å². The van der Waals surface area contributed by atoms with Crippen molar-refractivity contribution in [3.05, 3.63) is 12.3 Å². The number of hydrogen-bond donors (Lipinski definition) is 3. The number of hydrogen-bond acceptors (Lipinski definition) is 3. The van der Waals surface area contributed by atoms with Gasteiger partial charge in [-0.05, 0) is 26.0 Å². The smallest absolute Gasteiger partial charge is 0.240 e. The third-order valence-electron chi connectivity index (χ3n) is 1.68. The zero-order valence-electron chi connectivity index (χ0n) is 9.25. The lowest BCUT2D eigenvalue weighted by molar-refractivity contribution is -0.121. The molecule has 0 saturated carbocycles. The Hall–Kier alpha value is -1.36. The number of carbonyl (C=O) groups excluding carboxylic acids is 2. The molecule has 15 heavy (non-hydrogen) atoms. The molecule has 0 aromatic heterocycles. The van der Waals surface area contributed by atoms with Crippen LogP contribution in [0, 0.1) is 0 Å². The number of nitrogens with one attached hydrogen (secondary N) is 2. The monoisotopic (exact) mass is 213 g/mol. The summed E-state index contributed by atoms with van der Waals surface area (Å²) in [7, 11) is 0. The van der Waals surface area contributed by atoms with Gasteiger partial charge >= 0.3 is 0 Å². The first-order valence-electron chi connectivity index (χ1n) is 4.99. The molecular weight excluding hydrogens is 194 g/mol. The largest absolute Gasteiger partial charge is 0.356 e. The number of unbranched alkanes of at least 4 members (excludes halogenated alkanes) is 1. The van der Waals surface area contributed by atoms with Gasteiger partial charge in [-0.1, -0.05) is 6.08 Å². The summed E-state index contributed by atoms with van der Waals surface area (Å²) in [5.74, 6) is -0.225. The summed E-state index contributed by atoms with van der Waals surface area (Å²) in [6.07, 6.45) is 5.07. The fraction of sp³-hybridized carbons (Fsp3) is 0.600. The number of nitrogens with two attached hydrogens (primary N) is 1. The Morgan fingerprint density at radius 2 is 2.13 bits per heavy atom. The summed E-state index contributed by atoms with van der Waals surface area (Å²) in [5.41, 5.74) is 5.34. The maximum atomic E-state index is 11.0. The molecule has 0 aliphatic heterocycles. The molecule has 0 aromatic rings. The van der Waals surface area contributed by atoms with E-state index in [-0.39, 0.29) is 11.8 Å². The molecule has 0 bridgehead atoms. The molecule has 0 rings (SSSR count). The van der Waals surface area contributed by atoms with Gasteiger partial charge in [-0.3, -0.25) is 9.59 Å². The van der Waals surface area contributed by atoms with Crippen molar-refractivity contribution in [1.82, 2.24) is 10.6 Å². The topological polar surface area (TPSA) is 84.2 Å². The molecule has 0 unspecified atom stereocenters. The average Bonchev–Trinajstić information content (AvgIpc) is 2.15. The molecular formula is C10H19N3O2. The van der Waals surface area contributed by atoms with E-state index < -0.39 is 6.04 Å². The Kier molecular flexibility index (Phi) is 7.27. The third-order valence-corrected chi connectivity index (χ3v) is 1.68. The van der Waals surface area contributed by atoms with Gasteiger partial charge in [-0.15, -0.1) is 0 Å². The highest BCUT2D eigenvalue weighted by Gasteiger charge is 2.02. The molecule has 0 spiro atoms. The van der Waals surface area contributed by atoms with Gasteiger partial charge in [0.1, 0.15) is 0 Å². The molecule has 86 valence electrons. The Bertz CT molecular complexity index is 237. The lowest BCUT2D eigenvalue weighted by atomic mass is 10.3. The molecule has 0 heterocycles. The second-order valence-electron chi connectivity index (χ2n) is 3.32. The van der Waals surface area contributed by atoms with Gasteiger partial charge < -0.3 is 16.4 Å². The number of allylic oxidation sites excluding steroid dienone is 1. The highest BCUT2D eigenvalue weighted by Crippen LogP contribution is 1.88. The van der Waals surface area contributed by atoms with Gasteiger partial charge in [0.2, 0.25) is 11.8 Å². The van der Waals surface area contributed by atoms with Gasteiger partial charge in [0, 0.05) is 13.5 Å². The maximum absolute atomic E-state index is 11.0. The van der Waals surface area contributed by atoms with Crippen molar-refractivity contribution in [3.8, 4) is 0 Å². The first-order valence-corrected chi connectivity index (χ1v) is 4.99. The maximum Gasteiger partial charge on any atom is 0.240 e. The summed E-state index contributed by atoms with van der Waals surface area (Å²) < 4.78 is 0. The minimum absolute atomic E-state index is 0.0239. The summed E-state index contributed by atoms with van der Waals surface area (Å²) in [5, 5.41) is 5.23. The second kappa shape index (κ2) is 7.99. The van der Waals surface area contributed by atoms with Crippen molar-refractivity contribution in [2.75, 3.05) is 6.54 Å². The summed E-state index contributed by atoms with van der Waals surface area (Å²) in [6.45, 7) is 3.76. The van der Waals surface area contributed by atoms with E-state index in [2.05, 4.69) is 10.6 Å². The minimum Gasteiger partial charge on any atom is -0.356 e. The number of carbonyl (C=O) groups is 2. The highest BCUT2D eigenvalue weighted by atomic mass is 16.2. The SMILES string of the molecule is CC(=O)NCCC/C=C/NC(=O)[C@H](C)N. The molecule has 1 atom stereocenters. The van der Waals surface area contributed by atoms with E-state index in [0.29, 0.717) is 6.54 Å². The van der Waals surface area contributed by atoms with E-state index >= 15 is 0 Å². The van der Waals surface area contributed by atoms with Crippen molar-refractivity contribution < 1.29 is 9.59 Å². The molecule has 0 radical (unpaired) electrons. The first-order chi connectivity index (χ1) is 7.04.